The third-order valence-electron chi connectivity index (χ3n) is 4.55. The van der Waals surface area contributed by atoms with Gasteiger partial charge in [0.2, 0.25) is 5.91 Å². The molecule has 23 heavy (non-hydrogen) atoms. The second kappa shape index (κ2) is 7.36. The Balaban J connectivity index is 1.40. The summed E-state index contributed by atoms with van der Waals surface area (Å²) < 4.78 is 26.4. The first-order chi connectivity index (χ1) is 11.1. The van der Waals surface area contributed by atoms with Crippen LogP contribution < -0.4 is 10.6 Å². The lowest BCUT2D eigenvalue weighted by Crippen LogP contribution is -2.45. The Hall–Kier alpha value is -1.53. The molecular weight excluding hydrogens is 300 g/mol. The van der Waals surface area contributed by atoms with E-state index in [1.165, 1.54) is 18.9 Å². The number of piperidine rings is 1. The Bertz CT molecular complexity index is 555. The van der Waals surface area contributed by atoms with Crippen molar-refractivity contribution in [2.75, 3.05) is 31.5 Å². The number of benzene rings is 1. The van der Waals surface area contributed by atoms with Crippen molar-refractivity contribution >= 4 is 11.6 Å². The van der Waals surface area contributed by atoms with Gasteiger partial charge in [-0.1, -0.05) is 0 Å². The van der Waals surface area contributed by atoms with Crippen LogP contribution in [0.25, 0.3) is 0 Å². The van der Waals surface area contributed by atoms with E-state index in [2.05, 4.69) is 15.5 Å². The van der Waals surface area contributed by atoms with Crippen LogP contribution in [0.5, 0.6) is 0 Å². The van der Waals surface area contributed by atoms with Crippen molar-refractivity contribution in [3.63, 3.8) is 0 Å². The Kier molecular flexibility index (Phi) is 5.23. The van der Waals surface area contributed by atoms with Gasteiger partial charge in [0.1, 0.15) is 11.6 Å². The zero-order valence-electron chi connectivity index (χ0n) is 13.2. The number of carbonyl (C=O) groups is 1. The number of rotatable bonds is 6. The van der Waals surface area contributed by atoms with Crippen LogP contribution in [-0.4, -0.2) is 43.0 Å². The molecule has 1 saturated heterocycles. The summed E-state index contributed by atoms with van der Waals surface area (Å²) in [5.74, 6) is -0.785. The molecule has 0 spiro atoms. The van der Waals surface area contributed by atoms with Gasteiger partial charge in [-0.05, 0) is 50.3 Å². The maximum Gasteiger partial charge on any atom is 0.238 e. The van der Waals surface area contributed by atoms with Gasteiger partial charge in [-0.3, -0.25) is 9.69 Å². The summed E-state index contributed by atoms with van der Waals surface area (Å²) in [5, 5.41) is 6.10. The van der Waals surface area contributed by atoms with E-state index in [4.69, 9.17) is 0 Å². The summed E-state index contributed by atoms with van der Waals surface area (Å²) in [4.78, 5) is 14.1. The zero-order chi connectivity index (χ0) is 16.2. The number of hydrogen-bond acceptors (Lipinski definition) is 3. The summed E-state index contributed by atoms with van der Waals surface area (Å²) in [6, 6.07) is 3.70. The van der Waals surface area contributed by atoms with Gasteiger partial charge in [-0.25, -0.2) is 8.78 Å². The first-order valence-electron chi connectivity index (χ1n) is 8.31. The molecule has 1 saturated carbocycles. The van der Waals surface area contributed by atoms with E-state index in [0.29, 0.717) is 6.04 Å². The first kappa shape index (κ1) is 16.3. The maximum atomic E-state index is 13.5. The molecule has 3 rings (SSSR count). The molecule has 0 bridgehead atoms. The number of hydrogen-bond donors (Lipinski definition) is 2. The van der Waals surface area contributed by atoms with E-state index >= 15 is 0 Å². The summed E-state index contributed by atoms with van der Waals surface area (Å²) in [6.45, 7) is 3.09. The Morgan fingerprint density at radius 2 is 1.91 bits per heavy atom. The third kappa shape index (κ3) is 4.97. The highest BCUT2D eigenvalue weighted by Crippen LogP contribution is 2.28. The minimum atomic E-state index is -0.749. The molecule has 1 amide bonds. The molecule has 1 heterocycles. The first-order valence-corrected chi connectivity index (χ1v) is 8.31. The standard InChI is InChI=1S/C17H23F2N3O/c18-13-3-4-16(15(19)9-13)21-17(23)11-22-7-5-14(6-8-22)20-10-12-1-2-12/h3-4,9,12,14,20H,1-2,5-8,10-11H2,(H,21,23). The molecule has 0 atom stereocenters. The van der Waals surface area contributed by atoms with Crippen LogP contribution in [0.15, 0.2) is 18.2 Å². The van der Waals surface area contributed by atoms with Gasteiger partial charge in [0.05, 0.1) is 12.2 Å². The van der Waals surface area contributed by atoms with Gasteiger partial charge in [0.25, 0.3) is 0 Å². The minimum absolute atomic E-state index is 0.0254. The van der Waals surface area contributed by atoms with Crippen LogP contribution in [0.2, 0.25) is 0 Å². The Morgan fingerprint density at radius 1 is 1.17 bits per heavy atom. The van der Waals surface area contributed by atoms with Crippen molar-refractivity contribution in [1.82, 2.24) is 10.2 Å². The van der Waals surface area contributed by atoms with Crippen molar-refractivity contribution in [3.05, 3.63) is 29.8 Å². The molecular formula is C17H23F2N3O. The molecule has 2 N–H and O–H groups in total. The molecule has 126 valence electrons. The van der Waals surface area contributed by atoms with Crippen molar-refractivity contribution in [3.8, 4) is 0 Å². The smallest absolute Gasteiger partial charge is 0.238 e. The van der Waals surface area contributed by atoms with Gasteiger partial charge in [-0.2, -0.15) is 0 Å². The minimum Gasteiger partial charge on any atom is -0.322 e. The Labute approximate surface area is 135 Å². The number of halogens is 2. The van der Waals surface area contributed by atoms with E-state index < -0.39 is 11.6 Å². The topological polar surface area (TPSA) is 44.4 Å². The van der Waals surface area contributed by atoms with E-state index in [1.807, 2.05) is 0 Å². The zero-order valence-corrected chi connectivity index (χ0v) is 13.2. The highest BCUT2D eigenvalue weighted by Gasteiger charge is 2.25. The third-order valence-corrected chi connectivity index (χ3v) is 4.55. The average molecular weight is 323 g/mol. The van der Waals surface area contributed by atoms with Crippen LogP contribution in [0.4, 0.5) is 14.5 Å². The van der Waals surface area contributed by atoms with E-state index in [1.54, 1.807) is 0 Å². The van der Waals surface area contributed by atoms with Gasteiger partial charge in [0.15, 0.2) is 0 Å². The van der Waals surface area contributed by atoms with Crippen molar-refractivity contribution < 1.29 is 13.6 Å². The predicted octanol–water partition coefficient (Wildman–Crippen LogP) is 2.37. The number of nitrogens with one attached hydrogen (secondary N) is 2. The second-order valence-electron chi connectivity index (χ2n) is 6.57. The van der Waals surface area contributed by atoms with Crippen LogP contribution >= 0.6 is 0 Å². The number of amides is 1. The fourth-order valence-corrected chi connectivity index (χ4v) is 2.93. The van der Waals surface area contributed by atoms with Gasteiger partial charge >= 0.3 is 0 Å². The highest BCUT2D eigenvalue weighted by molar-refractivity contribution is 5.92. The SMILES string of the molecule is O=C(CN1CCC(NCC2CC2)CC1)Nc1ccc(F)cc1F. The molecule has 1 aromatic rings. The second-order valence-corrected chi connectivity index (χ2v) is 6.57. The molecule has 1 aromatic carbocycles. The molecule has 0 unspecified atom stereocenters. The molecule has 1 aliphatic heterocycles. The number of carbonyl (C=O) groups excluding carboxylic acids is 1. The molecule has 4 nitrogen and oxygen atoms in total. The Morgan fingerprint density at radius 3 is 2.57 bits per heavy atom. The largest absolute Gasteiger partial charge is 0.322 e. The lowest BCUT2D eigenvalue weighted by Gasteiger charge is -2.32. The monoisotopic (exact) mass is 323 g/mol. The van der Waals surface area contributed by atoms with Gasteiger partial charge in [-0.15, -0.1) is 0 Å². The van der Waals surface area contributed by atoms with Crippen LogP contribution in [-0.2, 0) is 4.79 Å². The van der Waals surface area contributed by atoms with Crippen molar-refractivity contribution in [2.24, 2.45) is 5.92 Å². The van der Waals surface area contributed by atoms with Crippen LogP contribution in [0.3, 0.4) is 0 Å². The van der Waals surface area contributed by atoms with Gasteiger partial charge < -0.3 is 10.6 Å². The lowest BCUT2D eigenvalue weighted by atomic mass is 10.0. The number of nitrogens with zero attached hydrogens (tertiary/aromatic N) is 1. The van der Waals surface area contributed by atoms with E-state index in [9.17, 15) is 13.6 Å². The van der Waals surface area contributed by atoms with Crippen LogP contribution in [0, 0.1) is 17.6 Å². The predicted molar refractivity (Wildman–Crippen MR) is 85.2 cm³/mol. The highest BCUT2D eigenvalue weighted by atomic mass is 19.1. The molecule has 0 radical (unpaired) electrons. The molecule has 2 aliphatic rings. The summed E-state index contributed by atoms with van der Waals surface area (Å²) in [7, 11) is 0. The molecule has 1 aliphatic carbocycles. The summed E-state index contributed by atoms with van der Waals surface area (Å²) >= 11 is 0. The maximum absolute atomic E-state index is 13.5. The molecule has 6 heteroatoms. The quantitative estimate of drug-likeness (QED) is 0.845. The van der Waals surface area contributed by atoms with Gasteiger partial charge in [0, 0.05) is 25.2 Å². The molecule has 2 fully saturated rings. The summed E-state index contributed by atoms with van der Waals surface area (Å²) in [5.41, 5.74) is 0.0254. The van der Waals surface area contributed by atoms with E-state index in [0.717, 1.165) is 50.5 Å². The fraction of sp³-hybridized carbons (Fsp3) is 0.588. The van der Waals surface area contributed by atoms with Crippen LogP contribution in [0.1, 0.15) is 25.7 Å². The van der Waals surface area contributed by atoms with Crippen molar-refractivity contribution in [2.45, 2.75) is 31.7 Å². The normalized spacial score (nSPS) is 19.7. The fourth-order valence-electron chi connectivity index (χ4n) is 2.93. The average Bonchev–Trinajstić information content (AvgIpc) is 3.34. The van der Waals surface area contributed by atoms with Crippen molar-refractivity contribution in [1.29, 1.82) is 0 Å². The lowest BCUT2D eigenvalue weighted by molar-refractivity contribution is -0.117. The number of likely N-dealkylation sites (tertiary alicyclic amines) is 1. The summed E-state index contributed by atoms with van der Waals surface area (Å²) in [6.07, 6.45) is 4.77. The number of anilines is 1. The van der Waals surface area contributed by atoms with E-state index in [-0.39, 0.29) is 18.1 Å². The molecule has 0 aromatic heterocycles.